The molecule has 1 aliphatic rings. The number of likely N-dealkylation sites (tertiary alicyclic amines) is 1. The van der Waals surface area contributed by atoms with Crippen LogP contribution in [0.1, 0.15) is 31.0 Å². The van der Waals surface area contributed by atoms with Crippen LogP contribution in [0, 0.1) is 11.6 Å². The molecule has 1 aliphatic heterocycles. The van der Waals surface area contributed by atoms with Crippen molar-refractivity contribution in [1.29, 1.82) is 0 Å². The van der Waals surface area contributed by atoms with Gasteiger partial charge in [-0.25, -0.2) is 8.78 Å². The first-order valence-electron chi connectivity index (χ1n) is 9.90. The Kier molecular flexibility index (Phi) is 6.62. The third-order valence-corrected chi connectivity index (χ3v) is 5.41. The van der Waals surface area contributed by atoms with Crippen LogP contribution in [0.5, 0.6) is 0 Å². The number of Topliss-reactive ketones (excluding diaryl/α,β-unsaturated/α-hetero) is 1. The lowest BCUT2D eigenvalue weighted by Crippen LogP contribution is -2.38. The zero-order valence-corrected chi connectivity index (χ0v) is 16.9. The number of aliphatic hydroxyl groups excluding tert-OH is 1. The van der Waals surface area contributed by atoms with Crippen molar-refractivity contribution in [1.82, 2.24) is 9.80 Å². The van der Waals surface area contributed by atoms with Gasteiger partial charge in [0.05, 0.1) is 11.6 Å². The number of nitrogens with zero attached hydrogens (tertiary/aromatic N) is 2. The summed E-state index contributed by atoms with van der Waals surface area (Å²) in [6.45, 7) is 6.20. The van der Waals surface area contributed by atoms with E-state index in [2.05, 4.69) is 4.90 Å². The Balaban J connectivity index is 2.11. The molecule has 1 saturated heterocycles. The molecule has 2 aromatic carbocycles. The first kappa shape index (κ1) is 21.6. The average molecular weight is 414 g/mol. The monoisotopic (exact) mass is 414 g/mol. The molecule has 30 heavy (non-hydrogen) atoms. The molecule has 1 amide bonds. The summed E-state index contributed by atoms with van der Waals surface area (Å²) in [5, 5.41) is 10.8. The highest BCUT2D eigenvalue weighted by atomic mass is 19.1. The van der Waals surface area contributed by atoms with Gasteiger partial charge in [0, 0.05) is 24.2 Å². The maximum Gasteiger partial charge on any atom is 0.295 e. The van der Waals surface area contributed by atoms with Gasteiger partial charge >= 0.3 is 0 Å². The van der Waals surface area contributed by atoms with E-state index >= 15 is 0 Å². The van der Waals surface area contributed by atoms with Crippen molar-refractivity contribution in [2.24, 2.45) is 0 Å². The molecule has 0 aliphatic carbocycles. The molecule has 0 saturated carbocycles. The van der Waals surface area contributed by atoms with Crippen molar-refractivity contribution in [3.8, 4) is 0 Å². The van der Waals surface area contributed by atoms with Crippen LogP contribution in [0.3, 0.4) is 0 Å². The number of amides is 1. The SMILES string of the molecule is CCN(CC)CCN1C(=O)C(=O)C(=C(O)c2ccc(F)cc2)[C@H]1c1ccccc1F. The largest absolute Gasteiger partial charge is 0.507 e. The van der Waals surface area contributed by atoms with Crippen molar-refractivity contribution in [2.75, 3.05) is 26.2 Å². The van der Waals surface area contributed by atoms with Crippen LogP contribution in [0.2, 0.25) is 0 Å². The highest BCUT2D eigenvalue weighted by molar-refractivity contribution is 6.46. The van der Waals surface area contributed by atoms with Crippen molar-refractivity contribution >= 4 is 17.4 Å². The van der Waals surface area contributed by atoms with Crippen LogP contribution in [-0.2, 0) is 9.59 Å². The minimum atomic E-state index is -1.06. The Labute approximate surface area is 174 Å². The Morgan fingerprint density at radius 1 is 1.03 bits per heavy atom. The summed E-state index contributed by atoms with van der Waals surface area (Å²) in [5.41, 5.74) is 0.107. The second-order valence-corrected chi connectivity index (χ2v) is 7.05. The Morgan fingerprint density at radius 3 is 2.27 bits per heavy atom. The predicted molar refractivity (Wildman–Crippen MR) is 110 cm³/mol. The molecule has 0 spiro atoms. The Hall–Kier alpha value is -3.06. The van der Waals surface area contributed by atoms with Gasteiger partial charge in [-0.3, -0.25) is 9.59 Å². The minimum absolute atomic E-state index is 0.125. The first-order chi connectivity index (χ1) is 14.4. The number of hydrogen-bond acceptors (Lipinski definition) is 4. The third-order valence-electron chi connectivity index (χ3n) is 5.41. The van der Waals surface area contributed by atoms with E-state index in [-0.39, 0.29) is 23.2 Å². The van der Waals surface area contributed by atoms with E-state index in [0.29, 0.717) is 6.54 Å². The first-order valence-corrected chi connectivity index (χ1v) is 9.90. The fourth-order valence-electron chi connectivity index (χ4n) is 3.68. The van der Waals surface area contributed by atoms with E-state index < -0.39 is 35.1 Å². The molecular weight excluding hydrogens is 390 g/mol. The third kappa shape index (κ3) is 4.11. The number of carbonyl (C=O) groups is 2. The summed E-state index contributed by atoms with van der Waals surface area (Å²) in [6, 6.07) is 9.71. The normalized spacial score (nSPS) is 18.4. The van der Waals surface area contributed by atoms with Gasteiger partial charge in [0.2, 0.25) is 0 Å². The number of aliphatic hydroxyl groups is 1. The van der Waals surface area contributed by atoms with Gasteiger partial charge in [0.25, 0.3) is 11.7 Å². The molecule has 1 fully saturated rings. The van der Waals surface area contributed by atoms with E-state index in [1.807, 2.05) is 13.8 Å². The lowest BCUT2D eigenvalue weighted by Gasteiger charge is -2.28. The van der Waals surface area contributed by atoms with Crippen molar-refractivity contribution in [2.45, 2.75) is 19.9 Å². The van der Waals surface area contributed by atoms with Crippen LogP contribution < -0.4 is 0 Å². The zero-order chi connectivity index (χ0) is 21.8. The van der Waals surface area contributed by atoms with E-state index in [1.165, 1.54) is 35.2 Å². The van der Waals surface area contributed by atoms with Crippen LogP contribution in [-0.4, -0.2) is 52.8 Å². The summed E-state index contributed by atoms with van der Waals surface area (Å²) >= 11 is 0. The highest BCUT2D eigenvalue weighted by Crippen LogP contribution is 2.40. The molecule has 3 rings (SSSR count). The molecule has 0 radical (unpaired) electrons. The summed E-state index contributed by atoms with van der Waals surface area (Å²) in [6.07, 6.45) is 0. The molecule has 1 atom stereocenters. The number of rotatable bonds is 7. The average Bonchev–Trinajstić information content (AvgIpc) is 2.99. The molecule has 2 aromatic rings. The van der Waals surface area contributed by atoms with Gasteiger partial charge in [-0.1, -0.05) is 32.0 Å². The number of hydrogen-bond donors (Lipinski definition) is 1. The van der Waals surface area contributed by atoms with Gasteiger partial charge in [0.1, 0.15) is 17.4 Å². The van der Waals surface area contributed by atoms with Crippen LogP contribution in [0.15, 0.2) is 54.1 Å². The van der Waals surface area contributed by atoms with Crippen molar-refractivity contribution in [3.05, 3.63) is 76.9 Å². The molecule has 5 nitrogen and oxygen atoms in total. The van der Waals surface area contributed by atoms with Gasteiger partial charge in [0.15, 0.2) is 0 Å². The maximum absolute atomic E-state index is 14.7. The quantitative estimate of drug-likeness (QED) is 0.426. The van der Waals surface area contributed by atoms with Gasteiger partial charge in [-0.2, -0.15) is 0 Å². The number of ketones is 1. The summed E-state index contributed by atoms with van der Waals surface area (Å²) in [4.78, 5) is 29.1. The zero-order valence-electron chi connectivity index (χ0n) is 16.9. The smallest absolute Gasteiger partial charge is 0.295 e. The Morgan fingerprint density at radius 2 is 1.67 bits per heavy atom. The fraction of sp³-hybridized carbons (Fsp3) is 0.304. The highest BCUT2D eigenvalue weighted by Gasteiger charge is 2.46. The number of likely N-dealkylation sites (N-methyl/N-ethyl adjacent to an activating group) is 1. The van der Waals surface area contributed by atoms with E-state index in [0.717, 1.165) is 25.2 Å². The molecular formula is C23H24F2N2O3. The van der Waals surface area contributed by atoms with Gasteiger partial charge in [-0.05, 0) is 43.4 Å². The van der Waals surface area contributed by atoms with Crippen molar-refractivity contribution in [3.63, 3.8) is 0 Å². The standard InChI is InChI=1S/C23H24F2N2O3/c1-3-26(4-2)13-14-27-20(17-7-5-6-8-18(17)25)19(22(29)23(27)30)21(28)15-9-11-16(24)12-10-15/h5-12,20,28H,3-4,13-14H2,1-2H3/t20-/m1/s1. The fourth-order valence-corrected chi connectivity index (χ4v) is 3.68. The maximum atomic E-state index is 14.7. The second kappa shape index (κ2) is 9.17. The molecule has 0 unspecified atom stereocenters. The molecule has 0 aromatic heterocycles. The van der Waals surface area contributed by atoms with Crippen molar-refractivity contribution < 1.29 is 23.5 Å². The number of halogens is 2. The van der Waals surface area contributed by atoms with E-state index in [1.54, 1.807) is 6.07 Å². The van der Waals surface area contributed by atoms with Crippen LogP contribution in [0.4, 0.5) is 8.78 Å². The summed E-state index contributed by atoms with van der Waals surface area (Å²) in [5.74, 6) is -3.21. The lowest BCUT2D eigenvalue weighted by molar-refractivity contribution is -0.140. The van der Waals surface area contributed by atoms with Crippen LogP contribution >= 0.6 is 0 Å². The van der Waals surface area contributed by atoms with Gasteiger partial charge < -0.3 is 14.9 Å². The molecule has 1 N–H and O–H groups in total. The number of benzene rings is 2. The molecule has 1 heterocycles. The summed E-state index contributed by atoms with van der Waals surface area (Å²) in [7, 11) is 0. The minimum Gasteiger partial charge on any atom is -0.507 e. The second-order valence-electron chi connectivity index (χ2n) is 7.05. The topological polar surface area (TPSA) is 60.9 Å². The lowest BCUT2D eigenvalue weighted by atomic mass is 9.95. The molecule has 0 bridgehead atoms. The van der Waals surface area contributed by atoms with E-state index in [4.69, 9.17) is 0 Å². The Bertz CT molecular complexity index is 969. The molecule has 7 heteroatoms. The number of carbonyl (C=O) groups excluding carboxylic acids is 2. The summed E-state index contributed by atoms with van der Waals surface area (Å²) < 4.78 is 28.0. The van der Waals surface area contributed by atoms with E-state index in [9.17, 15) is 23.5 Å². The molecule has 158 valence electrons. The predicted octanol–water partition coefficient (Wildman–Crippen LogP) is 3.73. The van der Waals surface area contributed by atoms with Gasteiger partial charge in [-0.15, -0.1) is 0 Å². The van der Waals surface area contributed by atoms with Crippen LogP contribution in [0.25, 0.3) is 5.76 Å².